The van der Waals surface area contributed by atoms with E-state index in [2.05, 4.69) is 26.6 Å². The highest BCUT2D eigenvalue weighted by Crippen LogP contribution is 2.34. The van der Waals surface area contributed by atoms with Crippen LogP contribution in [0.2, 0.25) is 0 Å². The zero-order valence-electron chi connectivity index (χ0n) is 11.6. The number of non-ortho nitro benzene ring substituents is 1. The summed E-state index contributed by atoms with van der Waals surface area (Å²) in [5.74, 6) is -0.598. The summed E-state index contributed by atoms with van der Waals surface area (Å²) < 4.78 is -1.41. The predicted octanol–water partition coefficient (Wildman–Crippen LogP) is 4.24. The second-order valence-corrected chi connectivity index (χ2v) is 7.93. The van der Waals surface area contributed by atoms with Crippen LogP contribution in [0.15, 0.2) is 22.7 Å². The fraction of sp³-hybridized carbons (Fsp3) is 0.417. The first-order valence-corrected chi connectivity index (χ1v) is 8.02. The summed E-state index contributed by atoms with van der Waals surface area (Å²) in [4.78, 5) is 22.0. The van der Waals surface area contributed by atoms with Gasteiger partial charge in [-0.05, 0) is 22.0 Å². The number of benzene rings is 1. The number of alkyl halides is 3. The van der Waals surface area contributed by atoms with Crippen LogP contribution in [0.1, 0.15) is 13.8 Å². The van der Waals surface area contributed by atoms with E-state index in [-0.39, 0.29) is 17.5 Å². The van der Waals surface area contributed by atoms with Crippen LogP contribution in [0.5, 0.6) is 0 Å². The van der Waals surface area contributed by atoms with Gasteiger partial charge < -0.3 is 10.6 Å². The molecule has 1 aromatic rings. The molecule has 22 heavy (non-hydrogen) atoms. The summed E-state index contributed by atoms with van der Waals surface area (Å²) in [5.41, 5.74) is 0.347. The Labute approximate surface area is 150 Å². The minimum absolute atomic E-state index is 0.0888. The van der Waals surface area contributed by atoms with E-state index in [0.29, 0.717) is 10.2 Å². The highest BCUT2D eigenvalue weighted by molar-refractivity contribution is 9.10. The third-order valence-corrected chi connectivity index (χ3v) is 3.91. The van der Waals surface area contributed by atoms with E-state index in [1.165, 1.54) is 18.2 Å². The molecule has 1 amide bonds. The molecule has 0 aromatic heterocycles. The number of hydrogen-bond donors (Lipinski definition) is 2. The number of halogens is 4. The van der Waals surface area contributed by atoms with Gasteiger partial charge in [0.25, 0.3) is 5.69 Å². The Kier molecular flexibility index (Phi) is 6.73. The van der Waals surface area contributed by atoms with Crippen LogP contribution >= 0.6 is 50.7 Å². The Morgan fingerprint density at radius 3 is 2.36 bits per heavy atom. The molecule has 10 heteroatoms. The third kappa shape index (κ3) is 5.46. The minimum atomic E-state index is -1.81. The molecular weight excluding hydrogens is 420 g/mol. The standard InChI is InChI=1S/C12H13BrCl3N3O3/c1-6(2)10(20)18-11(12(14,15)16)17-9-4-3-7(19(21)22)5-8(9)13/h3-6,11,17H,1-2H3,(H,18,20). The number of nitrogens with one attached hydrogen (secondary N) is 2. The van der Waals surface area contributed by atoms with E-state index in [9.17, 15) is 14.9 Å². The van der Waals surface area contributed by atoms with E-state index in [4.69, 9.17) is 34.8 Å². The van der Waals surface area contributed by atoms with Gasteiger partial charge >= 0.3 is 0 Å². The van der Waals surface area contributed by atoms with E-state index in [0.717, 1.165) is 0 Å². The van der Waals surface area contributed by atoms with Crippen LogP contribution in [-0.2, 0) is 4.79 Å². The Morgan fingerprint density at radius 2 is 1.95 bits per heavy atom. The lowest BCUT2D eigenvalue weighted by Crippen LogP contribution is -2.50. The number of nitrogens with zero attached hydrogens (tertiary/aromatic N) is 1. The van der Waals surface area contributed by atoms with E-state index in [1.807, 2.05) is 0 Å². The van der Waals surface area contributed by atoms with Crippen molar-refractivity contribution in [1.29, 1.82) is 0 Å². The number of carbonyl (C=O) groups excluding carboxylic acids is 1. The molecule has 0 heterocycles. The number of nitro benzene ring substituents is 1. The van der Waals surface area contributed by atoms with Gasteiger partial charge in [-0.2, -0.15) is 0 Å². The lowest BCUT2D eigenvalue weighted by Gasteiger charge is -2.28. The molecule has 1 rings (SSSR count). The van der Waals surface area contributed by atoms with Crippen molar-refractivity contribution in [2.75, 3.05) is 5.32 Å². The van der Waals surface area contributed by atoms with Gasteiger partial charge in [0, 0.05) is 22.5 Å². The molecule has 0 aliphatic carbocycles. The average Bonchev–Trinajstić information content (AvgIpc) is 2.38. The zero-order chi connectivity index (χ0) is 17.1. The lowest BCUT2D eigenvalue weighted by atomic mass is 10.2. The first-order chi connectivity index (χ1) is 10.0. The lowest BCUT2D eigenvalue weighted by molar-refractivity contribution is -0.384. The molecule has 1 unspecified atom stereocenters. The number of hydrogen-bond acceptors (Lipinski definition) is 4. The summed E-state index contributed by atoms with van der Waals surface area (Å²) >= 11 is 20.8. The van der Waals surface area contributed by atoms with Gasteiger partial charge in [-0.3, -0.25) is 14.9 Å². The summed E-state index contributed by atoms with van der Waals surface area (Å²) in [6.07, 6.45) is -1.01. The molecule has 0 saturated carbocycles. The van der Waals surface area contributed by atoms with Gasteiger partial charge in [0.1, 0.15) is 6.17 Å². The molecule has 0 fully saturated rings. The van der Waals surface area contributed by atoms with Crippen LogP contribution < -0.4 is 10.6 Å². The van der Waals surface area contributed by atoms with E-state index >= 15 is 0 Å². The fourth-order valence-corrected chi connectivity index (χ4v) is 2.21. The van der Waals surface area contributed by atoms with Crippen molar-refractivity contribution in [3.8, 4) is 0 Å². The molecule has 0 saturated heterocycles. The maximum Gasteiger partial charge on any atom is 0.270 e. The molecule has 122 valence electrons. The molecule has 1 atom stereocenters. The highest BCUT2D eigenvalue weighted by Gasteiger charge is 2.34. The molecule has 6 nitrogen and oxygen atoms in total. The smallest absolute Gasteiger partial charge is 0.270 e. The van der Waals surface area contributed by atoms with Crippen LogP contribution in [0.25, 0.3) is 0 Å². The van der Waals surface area contributed by atoms with Gasteiger partial charge in [-0.25, -0.2) is 0 Å². The largest absolute Gasteiger partial charge is 0.361 e. The quantitative estimate of drug-likeness (QED) is 0.315. The highest BCUT2D eigenvalue weighted by atomic mass is 79.9. The first-order valence-electron chi connectivity index (χ1n) is 6.10. The molecule has 0 spiro atoms. The summed E-state index contributed by atoms with van der Waals surface area (Å²) in [6, 6.07) is 4.06. The van der Waals surface area contributed by atoms with E-state index < -0.39 is 14.9 Å². The number of rotatable bonds is 5. The van der Waals surface area contributed by atoms with E-state index in [1.54, 1.807) is 13.8 Å². The number of amides is 1. The van der Waals surface area contributed by atoms with Crippen molar-refractivity contribution >= 4 is 68.0 Å². The Balaban J connectivity index is 3.00. The van der Waals surface area contributed by atoms with Gasteiger partial charge in [0.05, 0.1) is 10.6 Å². The molecular formula is C12H13BrCl3N3O3. The Morgan fingerprint density at radius 1 is 1.36 bits per heavy atom. The van der Waals surface area contributed by atoms with Crippen molar-refractivity contribution < 1.29 is 9.72 Å². The third-order valence-electron chi connectivity index (χ3n) is 2.60. The molecule has 1 aromatic carbocycles. The van der Waals surface area contributed by atoms with Crippen molar-refractivity contribution in [2.24, 2.45) is 5.92 Å². The van der Waals surface area contributed by atoms with Gasteiger partial charge in [-0.15, -0.1) is 0 Å². The average molecular weight is 434 g/mol. The van der Waals surface area contributed by atoms with Gasteiger partial charge in [0.2, 0.25) is 9.70 Å². The second kappa shape index (κ2) is 7.68. The summed E-state index contributed by atoms with van der Waals surface area (Å²) in [7, 11) is 0. The van der Waals surface area contributed by atoms with Gasteiger partial charge in [-0.1, -0.05) is 48.7 Å². The Bertz CT molecular complexity index is 578. The predicted molar refractivity (Wildman–Crippen MR) is 91.5 cm³/mol. The second-order valence-electron chi connectivity index (χ2n) is 4.70. The maximum atomic E-state index is 11.8. The van der Waals surface area contributed by atoms with Crippen molar-refractivity contribution in [1.82, 2.24) is 5.32 Å². The van der Waals surface area contributed by atoms with Crippen molar-refractivity contribution in [2.45, 2.75) is 23.8 Å². The van der Waals surface area contributed by atoms with Crippen LogP contribution in [0, 0.1) is 16.0 Å². The minimum Gasteiger partial charge on any atom is -0.361 e. The molecule has 2 N–H and O–H groups in total. The Hall–Kier alpha value is -0.760. The molecule has 0 aliphatic rings. The SMILES string of the molecule is CC(C)C(=O)NC(Nc1ccc([N+](=O)[O-])cc1Br)C(Cl)(Cl)Cl. The number of nitro groups is 1. The van der Waals surface area contributed by atoms with Crippen LogP contribution in [0.3, 0.4) is 0 Å². The monoisotopic (exact) mass is 431 g/mol. The van der Waals surface area contributed by atoms with Crippen LogP contribution in [0.4, 0.5) is 11.4 Å². The number of carbonyl (C=O) groups is 1. The normalized spacial score (nSPS) is 12.9. The summed E-state index contributed by atoms with van der Waals surface area (Å²) in [5, 5.41) is 16.1. The fourth-order valence-electron chi connectivity index (χ4n) is 1.40. The van der Waals surface area contributed by atoms with Crippen LogP contribution in [-0.4, -0.2) is 20.8 Å². The van der Waals surface area contributed by atoms with Crippen molar-refractivity contribution in [3.63, 3.8) is 0 Å². The zero-order valence-corrected chi connectivity index (χ0v) is 15.4. The summed E-state index contributed by atoms with van der Waals surface area (Å²) in [6.45, 7) is 3.40. The maximum absolute atomic E-state index is 11.8. The van der Waals surface area contributed by atoms with Crippen molar-refractivity contribution in [3.05, 3.63) is 32.8 Å². The first kappa shape index (κ1) is 19.3. The topological polar surface area (TPSA) is 84.3 Å². The molecule has 0 aliphatic heterocycles. The molecule has 0 bridgehead atoms. The number of anilines is 1. The van der Waals surface area contributed by atoms with Gasteiger partial charge in [0.15, 0.2) is 0 Å². The molecule has 0 radical (unpaired) electrons.